The van der Waals surface area contributed by atoms with E-state index in [9.17, 15) is 19.7 Å². The van der Waals surface area contributed by atoms with Crippen LogP contribution in [0.4, 0.5) is 5.69 Å². The summed E-state index contributed by atoms with van der Waals surface area (Å²) in [6.45, 7) is 5.31. The molecule has 2 aromatic carbocycles. The van der Waals surface area contributed by atoms with Crippen molar-refractivity contribution in [3.05, 3.63) is 63.2 Å². The first kappa shape index (κ1) is 25.9. The van der Waals surface area contributed by atoms with Crippen LogP contribution in [0.25, 0.3) is 0 Å². The van der Waals surface area contributed by atoms with Gasteiger partial charge in [-0.05, 0) is 44.0 Å². The van der Waals surface area contributed by atoms with Crippen LogP contribution in [0.3, 0.4) is 0 Å². The Morgan fingerprint density at radius 1 is 1.18 bits per heavy atom. The summed E-state index contributed by atoms with van der Waals surface area (Å²) in [5.74, 6) is -0.448. The van der Waals surface area contributed by atoms with Crippen LogP contribution >= 0.6 is 11.6 Å². The highest BCUT2D eigenvalue weighted by atomic mass is 35.5. The first-order valence-corrected chi connectivity index (χ1v) is 10.8. The zero-order valence-electron chi connectivity index (χ0n) is 19.0. The molecule has 2 rings (SSSR count). The van der Waals surface area contributed by atoms with Crippen LogP contribution in [-0.4, -0.2) is 47.4 Å². The predicted octanol–water partition coefficient (Wildman–Crippen LogP) is 3.97. The van der Waals surface area contributed by atoms with Crippen LogP contribution in [0.15, 0.2) is 42.5 Å². The number of amides is 2. The number of carbonyl (C=O) groups is 2. The Kier molecular flexibility index (Phi) is 9.47. The monoisotopic (exact) mass is 477 g/mol. The van der Waals surface area contributed by atoms with E-state index in [4.69, 9.17) is 21.1 Å². The van der Waals surface area contributed by atoms with Crippen molar-refractivity contribution in [1.29, 1.82) is 0 Å². The van der Waals surface area contributed by atoms with E-state index in [-0.39, 0.29) is 42.3 Å². The van der Waals surface area contributed by atoms with Gasteiger partial charge in [-0.15, -0.1) is 0 Å². The highest BCUT2D eigenvalue weighted by Crippen LogP contribution is 2.30. The third-order valence-electron chi connectivity index (χ3n) is 5.14. The van der Waals surface area contributed by atoms with Crippen molar-refractivity contribution in [2.24, 2.45) is 0 Å². The molecule has 0 fully saturated rings. The van der Waals surface area contributed by atoms with Gasteiger partial charge in [0.05, 0.1) is 12.0 Å². The lowest BCUT2D eigenvalue weighted by molar-refractivity contribution is -0.385. The number of nitro benzene ring substituents is 1. The molecule has 10 heteroatoms. The average molecular weight is 478 g/mol. The molecule has 0 aliphatic heterocycles. The molecular formula is C23H28ClN3O6. The minimum atomic E-state index is -0.753. The summed E-state index contributed by atoms with van der Waals surface area (Å²) >= 11 is 5.95. The maximum absolute atomic E-state index is 13.1. The highest BCUT2D eigenvalue weighted by Gasteiger charge is 2.27. The van der Waals surface area contributed by atoms with Crippen LogP contribution in [-0.2, 0) is 16.1 Å². The normalized spacial score (nSPS) is 12.4. The maximum Gasteiger partial charge on any atom is 0.311 e. The van der Waals surface area contributed by atoms with Gasteiger partial charge in [-0.1, -0.05) is 30.7 Å². The number of hydrogen-bond acceptors (Lipinski definition) is 6. The second-order valence-corrected chi connectivity index (χ2v) is 7.96. The lowest BCUT2D eigenvalue weighted by Crippen LogP contribution is -2.50. The first-order valence-electron chi connectivity index (χ1n) is 10.5. The molecule has 178 valence electrons. The molecule has 0 heterocycles. The molecule has 0 radical (unpaired) electrons. The van der Waals surface area contributed by atoms with Gasteiger partial charge in [-0.3, -0.25) is 19.7 Å². The summed E-state index contributed by atoms with van der Waals surface area (Å²) in [6, 6.07) is 10.2. The first-order chi connectivity index (χ1) is 15.7. The van der Waals surface area contributed by atoms with Crippen LogP contribution in [0.2, 0.25) is 5.02 Å². The molecule has 9 nitrogen and oxygen atoms in total. The van der Waals surface area contributed by atoms with Crippen LogP contribution in [0.5, 0.6) is 11.5 Å². The Morgan fingerprint density at radius 3 is 2.42 bits per heavy atom. The summed E-state index contributed by atoms with van der Waals surface area (Å²) in [5, 5.41) is 14.5. The van der Waals surface area contributed by atoms with Crippen LogP contribution in [0.1, 0.15) is 32.8 Å². The van der Waals surface area contributed by atoms with E-state index < -0.39 is 16.9 Å². The van der Waals surface area contributed by atoms with Crippen molar-refractivity contribution in [1.82, 2.24) is 10.2 Å². The van der Waals surface area contributed by atoms with Crippen LogP contribution < -0.4 is 14.8 Å². The number of carbonyl (C=O) groups excluding carboxylic acids is 2. The van der Waals surface area contributed by atoms with Gasteiger partial charge in [0.1, 0.15) is 11.8 Å². The molecule has 2 aromatic rings. The number of halogens is 1. The Balaban J connectivity index is 2.19. The smallest absolute Gasteiger partial charge is 0.311 e. The second kappa shape index (κ2) is 12.1. The number of benzene rings is 2. The summed E-state index contributed by atoms with van der Waals surface area (Å²) in [5.41, 5.74) is 0.587. The summed E-state index contributed by atoms with van der Waals surface area (Å²) in [4.78, 5) is 37.7. The van der Waals surface area contributed by atoms with Crippen LogP contribution in [0, 0.1) is 10.1 Å². The number of nitrogens with zero attached hydrogens (tertiary/aromatic N) is 2. The fourth-order valence-corrected chi connectivity index (χ4v) is 3.09. The topological polar surface area (TPSA) is 111 Å². The second-order valence-electron chi connectivity index (χ2n) is 7.52. The lowest BCUT2D eigenvalue weighted by atomic mass is 10.1. The third kappa shape index (κ3) is 7.35. The molecular weight excluding hydrogens is 450 g/mol. The zero-order chi connectivity index (χ0) is 24.5. The highest BCUT2D eigenvalue weighted by molar-refractivity contribution is 6.30. The van der Waals surface area contributed by atoms with Crippen molar-refractivity contribution in [2.75, 3.05) is 13.7 Å². The molecule has 0 saturated carbocycles. The quantitative estimate of drug-likeness (QED) is 0.387. The zero-order valence-corrected chi connectivity index (χ0v) is 19.8. The van der Waals surface area contributed by atoms with Gasteiger partial charge in [0.25, 0.3) is 5.91 Å². The van der Waals surface area contributed by atoms with Gasteiger partial charge in [-0.2, -0.15) is 0 Å². The Hall–Kier alpha value is -3.33. The average Bonchev–Trinajstić information content (AvgIpc) is 2.81. The van der Waals surface area contributed by atoms with Crippen molar-refractivity contribution in [3.63, 3.8) is 0 Å². The van der Waals surface area contributed by atoms with Crippen molar-refractivity contribution in [2.45, 2.75) is 45.8 Å². The summed E-state index contributed by atoms with van der Waals surface area (Å²) < 4.78 is 10.6. The van der Waals surface area contributed by atoms with E-state index in [0.717, 1.165) is 12.0 Å². The largest absolute Gasteiger partial charge is 0.490 e. The van der Waals surface area contributed by atoms with E-state index in [1.54, 1.807) is 31.2 Å². The van der Waals surface area contributed by atoms with Crippen molar-refractivity contribution < 1.29 is 24.0 Å². The number of nitro groups is 1. The molecule has 2 unspecified atom stereocenters. The maximum atomic E-state index is 13.1. The Bertz CT molecular complexity index is 983. The van der Waals surface area contributed by atoms with Crippen molar-refractivity contribution in [3.8, 4) is 11.5 Å². The molecule has 0 spiro atoms. The number of nitrogens with one attached hydrogen (secondary N) is 1. The van der Waals surface area contributed by atoms with Crippen molar-refractivity contribution >= 4 is 29.1 Å². The van der Waals surface area contributed by atoms with Gasteiger partial charge in [-0.25, -0.2) is 0 Å². The van der Waals surface area contributed by atoms with E-state index in [2.05, 4.69) is 5.32 Å². The molecule has 33 heavy (non-hydrogen) atoms. The fourth-order valence-electron chi connectivity index (χ4n) is 2.96. The predicted molar refractivity (Wildman–Crippen MR) is 125 cm³/mol. The summed E-state index contributed by atoms with van der Waals surface area (Å²) in [6.07, 6.45) is 0.759. The molecule has 1 N–H and O–H groups in total. The Morgan fingerprint density at radius 2 is 1.85 bits per heavy atom. The van der Waals surface area contributed by atoms with E-state index in [0.29, 0.717) is 5.02 Å². The van der Waals surface area contributed by atoms with E-state index in [1.165, 1.54) is 30.2 Å². The number of methoxy groups -OCH3 is 1. The van der Waals surface area contributed by atoms with Gasteiger partial charge in [0.2, 0.25) is 11.7 Å². The molecule has 0 aromatic heterocycles. The fraction of sp³-hybridized carbons (Fsp3) is 0.391. The van der Waals surface area contributed by atoms with E-state index in [1.807, 2.05) is 13.8 Å². The van der Waals surface area contributed by atoms with Gasteiger partial charge < -0.3 is 19.7 Å². The number of rotatable bonds is 11. The van der Waals surface area contributed by atoms with Gasteiger partial charge in [0, 0.05) is 29.7 Å². The summed E-state index contributed by atoms with van der Waals surface area (Å²) in [7, 11) is 1.31. The molecule has 0 saturated heterocycles. The molecule has 2 atom stereocenters. The standard InChI is InChI=1S/C23H28ClN3O6/c1-5-15(2)25-23(29)16(3)26(13-17-6-8-18(24)9-7-17)22(28)14-33-19-10-11-20(27(30)31)21(12-19)32-4/h6-12,15-16H,5,13-14H2,1-4H3,(H,25,29). The SMILES string of the molecule is CCC(C)NC(=O)C(C)N(Cc1ccc(Cl)cc1)C(=O)COc1ccc([N+](=O)[O-])c(OC)c1. The molecule has 0 aliphatic rings. The minimum absolute atomic E-state index is 0.0178. The number of ether oxygens (including phenoxy) is 2. The van der Waals surface area contributed by atoms with Gasteiger partial charge in [0.15, 0.2) is 6.61 Å². The molecule has 0 bridgehead atoms. The lowest BCUT2D eigenvalue weighted by Gasteiger charge is -2.29. The Labute approximate surface area is 197 Å². The molecule has 0 aliphatic carbocycles. The van der Waals surface area contributed by atoms with Gasteiger partial charge >= 0.3 is 5.69 Å². The van der Waals surface area contributed by atoms with E-state index >= 15 is 0 Å². The minimum Gasteiger partial charge on any atom is -0.490 e. The molecule has 2 amide bonds. The number of hydrogen-bond donors (Lipinski definition) is 1. The third-order valence-corrected chi connectivity index (χ3v) is 5.40.